The maximum atomic E-state index is 12.9. The molecule has 0 saturated heterocycles. The van der Waals surface area contributed by atoms with E-state index in [2.05, 4.69) is 14.7 Å². The van der Waals surface area contributed by atoms with Gasteiger partial charge in [0.1, 0.15) is 10.8 Å². The number of aromatic amines is 1. The van der Waals surface area contributed by atoms with Crippen LogP contribution in [0.4, 0.5) is 13.2 Å². The first-order chi connectivity index (χ1) is 15.7. The van der Waals surface area contributed by atoms with E-state index >= 15 is 0 Å². The van der Waals surface area contributed by atoms with Gasteiger partial charge in [0.25, 0.3) is 0 Å². The first kappa shape index (κ1) is 21.7. The van der Waals surface area contributed by atoms with E-state index in [1.165, 1.54) is 35.6 Å². The number of thiazole rings is 1. The van der Waals surface area contributed by atoms with Gasteiger partial charge in [-0.2, -0.15) is 0 Å². The van der Waals surface area contributed by atoms with Crippen molar-refractivity contribution in [3.05, 3.63) is 80.0 Å². The Kier molecular flexibility index (Phi) is 5.25. The van der Waals surface area contributed by atoms with Gasteiger partial charge in [0.05, 0.1) is 11.3 Å². The molecule has 0 spiro atoms. The number of halogens is 4. The zero-order valence-electron chi connectivity index (χ0n) is 16.7. The summed E-state index contributed by atoms with van der Waals surface area (Å²) in [4.78, 5) is 33.6. The highest BCUT2D eigenvalue weighted by Gasteiger charge is 2.32. The summed E-state index contributed by atoms with van der Waals surface area (Å²) in [5.41, 5.74) is 2.35. The number of benzene rings is 2. The minimum Gasteiger partial charge on any atom is -0.406 e. The van der Waals surface area contributed by atoms with Crippen LogP contribution in [0.1, 0.15) is 34.1 Å². The number of nitrogens with zero attached hydrogens (tertiary/aromatic N) is 1. The maximum Gasteiger partial charge on any atom is 0.573 e. The molecule has 0 amide bonds. The summed E-state index contributed by atoms with van der Waals surface area (Å²) in [5, 5.41) is 3.24. The molecule has 1 aliphatic rings. The Morgan fingerprint density at radius 1 is 1.09 bits per heavy atom. The van der Waals surface area contributed by atoms with Crippen molar-refractivity contribution in [2.24, 2.45) is 0 Å². The molecule has 4 aromatic rings. The number of H-pyrrole nitrogens is 1. The normalized spacial score (nSPS) is 16.1. The zero-order chi connectivity index (χ0) is 23.3. The molecule has 0 fully saturated rings. The van der Waals surface area contributed by atoms with E-state index in [0.29, 0.717) is 44.3 Å². The van der Waals surface area contributed by atoms with Crippen LogP contribution in [0, 0.1) is 0 Å². The van der Waals surface area contributed by atoms with Gasteiger partial charge < -0.3 is 9.72 Å². The highest BCUT2D eigenvalue weighted by atomic mass is 35.5. The molecule has 2 aromatic carbocycles. The molecule has 33 heavy (non-hydrogen) atoms. The van der Waals surface area contributed by atoms with Gasteiger partial charge in [-0.3, -0.25) is 9.59 Å². The minimum absolute atomic E-state index is 0.143. The third kappa shape index (κ3) is 4.26. The smallest absolute Gasteiger partial charge is 0.406 e. The van der Waals surface area contributed by atoms with E-state index in [9.17, 15) is 22.8 Å². The molecule has 1 unspecified atom stereocenters. The Morgan fingerprint density at radius 3 is 2.58 bits per heavy atom. The molecule has 0 bridgehead atoms. The van der Waals surface area contributed by atoms with Gasteiger partial charge in [0.15, 0.2) is 5.78 Å². The maximum absolute atomic E-state index is 12.9. The number of carbonyl (C=O) groups excluding carboxylic acids is 1. The molecular weight excluding hydrogens is 477 g/mol. The van der Waals surface area contributed by atoms with Gasteiger partial charge in [0.2, 0.25) is 5.43 Å². The average Bonchev–Trinajstić information content (AvgIpc) is 3.24. The van der Waals surface area contributed by atoms with Gasteiger partial charge in [0, 0.05) is 44.9 Å². The molecule has 5 rings (SSSR count). The number of carbonyl (C=O) groups is 1. The molecule has 2 heterocycles. The second-order valence-corrected chi connectivity index (χ2v) is 8.97. The number of hydrogen-bond acceptors (Lipinski definition) is 5. The van der Waals surface area contributed by atoms with E-state index in [0.717, 1.165) is 0 Å². The molecule has 0 saturated carbocycles. The third-order valence-corrected chi connectivity index (χ3v) is 6.62. The minimum atomic E-state index is -4.75. The monoisotopic (exact) mass is 490 g/mol. The van der Waals surface area contributed by atoms with E-state index in [-0.39, 0.29) is 34.9 Å². The number of fused-ring (bicyclic) bond motifs is 2. The molecule has 168 valence electrons. The fourth-order valence-electron chi connectivity index (χ4n) is 4.02. The van der Waals surface area contributed by atoms with Gasteiger partial charge in [-0.05, 0) is 48.9 Å². The highest BCUT2D eigenvalue weighted by molar-refractivity contribution is 7.13. The standard InChI is InChI=1S/C23H14ClF3N2O3S/c24-13-3-6-16-15(9-13)21(31)20-17(28-16)7-12(8-19(20)30)18-10-33-22(29-18)11-1-4-14(5-2-11)32-23(25,26)27/h1-6,9-10,12H,7-8H2,(H,28,31). The predicted molar refractivity (Wildman–Crippen MR) is 119 cm³/mol. The third-order valence-electron chi connectivity index (χ3n) is 5.48. The van der Waals surface area contributed by atoms with Crippen LogP contribution in [0.15, 0.2) is 52.6 Å². The van der Waals surface area contributed by atoms with E-state index in [1.807, 2.05) is 5.38 Å². The second-order valence-electron chi connectivity index (χ2n) is 7.68. The summed E-state index contributed by atoms with van der Waals surface area (Å²) in [6.45, 7) is 0. The lowest BCUT2D eigenvalue weighted by molar-refractivity contribution is -0.274. The number of alkyl halides is 3. The van der Waals surface area contributed by atoms with Gasteiger partial charge in [-0.25, -0.2) is 4.98 Å². The quantitative estimate of drug-likeness (QED) is 0.376. The molecule has 2 aromatic heterocycles. The van der Waals surface area contributed by atoms with Crippen molar-refractivity contribution in [2.75, 3.05) is 0 Å². The Labute approximate surface area is 193 Å². The predicted octanol–water partition coefficient (Wildman–Crippen LogP) is 6.12. The second kappa shape index (κ2) is 8.00. The van der Waals surface area contributed by atoms with Crippen LogP contribution in [-0.4, -0.2) is 22.1 Å². The van der Waals surface area contributed by atoms with Crippen molar-refractivity contribution in [1.82, 2.24) is 9.97 Å². The number of rotatable bonds is 3. The zero-order valence-corrected chi connectivity index (χ0v) is 18.3. The molecule has 5 nitrogen and oxygen atoms in total. The van der Waals surface area contributed by atoms with Crippen LogP contribution in [0.2, 0.25) is 5.02 Å². The van der Waals surface area contributed by atoms with Crippen LogP contribution < -0.4 is 10.2 Å². The van der Waals surface area contributed by atoms with Crippen LogP contribution >= 0.6 is 22.9 Å². The summed E-state index contributed by atoms with van der Waals surface area (Å²) in [5.74, 6) is -0.786. The van der Waals surface area contributed by atoms with Crippen LogP contribution in [-0.2, 0) is 6.42 Å². The number of hydrogen-bond donors (Lipinski definition) is 1. The summed E-state index contributed by atoms with van der Waals surface area (Å²) in [6, 6.07) is 10.4. The Morgan fingerprint density at radius 2 is 1.85 bits per heavy atom. The Bertz CT molecular complexity index is 1440. The number of pyridine rings is 1. The first-order valence-electron chi connectivity index (χ1n) is 9.87. The van der Waals surface area contributed by atoms with E-state index in [1.54, 1.807) is 18.2 Å². The van der Waals surface area contributed by atoms with Crippen molar-refractivity contribution in [2.45, 2.75) is 25.1 Å². The van der Waals surface area contributed by atoms with E-state index < -0.39 is 6.36 Å². The van der Waals surface area contributed by atoms with Gasteiger partial charge >= 0.3 is 6.36 Å². The average molecular weight is 491 g/mol. The van der Waals surface area contributed by atoms with Crippen molar-refractivity contribution in [3.8, 4) is 16.3 Å². The highest BCUT2D eigenvalue weighted by Crippen LogP contribution is 2.35. The fraction of sp³-hybridized carbons (Fsp3) is 0.174. The van der Waals surface area contributed by atoms with Crippen LogP contribution in [0.5, 0.6) is 5.75 Å². The van der Waals surface area contributed by atoms with Gasteiger partial charge in [-0.1, -0.05) is 11.6 Å². The lowest BCUT2D eigenvalue weighted by Crippen LogP contribution is -2.27. The van der Waals surface area contributed by atoms with E-state index in [4.69, 9.17) is 11.6 Å². The molecular formula is C23H14ClF3N2O3S. The summed E-state index contributed by atoms with van der Waals surface area (Å²) in [6.07, 6.45) is -4.17. The molecule has 1 aliphatic carbocycles. The van der Waals surface area contributed by atoms with Crippen molar-refractivity contribution >= 4 is 39.6 Å². The van der Waals surface area contributed by atoms with Gasteiger partial charge in [-0.15, -0.1) is 24.5 Å². The Balaban J connectivity index is 1.42. The first-order valence-corrected chi connectivity index (χ1v) is 11.1. The summed E-state index contributed by atoms with van der Waals surface area (Å²) < 4.78 is 41.0. The fourth-order valence-corrected chi connectivity index (χ4v) is 5.10. The van der Waals surface area contributed by atoms with Crippen molar-refractivity contribution in [3.63, 3.8) is 0 Å². The largest absolute Gasteiger partial charge is 0.573 e. The number of ether oxygens (including phenoxy) is 1. The lowest BCUT2D eigenvalue weighted by Gasteiger charge is -2.22. The number of aromatic nitrogens is 2. The number of ketones is 1. The number of Topliss-reactive ketones (excluding diaryl/α,β-unsaturated/α-hetero) is 1. The summed E-state index contributed by atoms with van der Waals surface area (Å²) in [7, 11) is 0. The molecule has 10 heteroatoms. The van der Waals surface area contributed by atoms with Crippen LogP contribution in [0.3, 0.4) is 0 Å². The number of nitrogens with one attached hydrogen (secondary N) is 1. The van der Waals surface area contributed by atoms with Crippen LogP contribution in [0.25, 0.3) is 21.5 Å². The molecule has 0 radical (unpaired) electrons. The molecule has 1 N–H and O–H groups in total. The Hall–Kier alpha value is -3.17. The molecule has 1 atom stereocenters. The topological polar surface area (TPSA) is 72.0 Å². The summed E-state index contributed by atoms with van der Waals surface area (Å²) >= 11 is 7.33. The molecule has 0 aliphatic heterocycles. The SMILES string of the molecule is O=C1CC(c2csc(-c3ccc(OC(F)(F)F)cc3)n2)Cc2[nH]c3ccc(Cl)cc3c(=O)c21. The lowest BCUT2D eigenvalue weighted by atomic mass is 9.83. The van der Waals surface area contributed by atoms with Crippen molar-refractivity contribution in [1.29, 1.82) is 0 Å². The van der Waals surface area contributed by atoms with Crippen molar-refractivity contribution < 1.29 is 22.7 Å².